The molecule has 1 heterocycles. The summed E-state index contributed by atoms with van der Waals surface area (Å²) in [5, 5.41) is 9.12. The topological polar surface area (TPSA) is 58.7 Å². The Labute approximate surface area is 95.6 Å². The van der Waals surface area contributed by atoms with Crippen molar-refractivity contribution in [2.75, 3.05) is 37.4 Å². The first-order valence-electron chi connectivity index (χ1n) is 5.54. The number of nitrogens with zero attached hydrogens (tertiary/aromatic N) is 1. The van der Waals surface area contributed by atoms with Crippen LogP contribution in [0.25, 0.3) is 0 Å². The van der Waals surface area contributed by atoms with Crippen LogP contribution in [-0.2, 0) is 0 Å². The number of anilines is 2. The summed E-state index contributed by atoms with van der Waals surface area (Å²) in [6, 6.07) is 5.67. The molecule has 2 rings (SSSR count). The zero-order valence-corrected chi connectivity index (χ0v) is 9.52. The van der Waals surface area contributed by atoms with E-state index in [2.05, 4.69) is 4.90 Å². The average Bonchev–Trinajstić information content (AvgIpc) is 2.78. The van der Waals surface area contributed by atoms with Gasteiger partial charge in [0, 0.05) is 31.7 Å². The zero-order chi connectivity index (χ0) is 11.5. The summed E-state index contributed by atoms with van der Waals surface area (Å²) in [5.74, 6) is 1.18. The third kappa shape index (κ3) is 2.07. The van der Waals surface area contributed by atoms with Crippen LogP contribution in [0.2, 0.25) is 0 Å². The number of methoxy groups -OCH3 is 1. The molecule has 1 aliphatic heterocycles. The van der Waals surface area contributed by atoms with Crippen molar-refractivity contribution < 1.29 is 9.84 Å². The molecule has 0 saturated carbocycles. The van der Waals surface area contributed by atoms with Gasteiger partial charge in [0.05, 0.1) is 18.5 Å². The molecular formula is C12H18N2O2. The molecule has 1 saturated heterocycles. The maximum atomic E-state index is 9.12. The molecule has 4 nitrogen and oxygen atoms in total. The third-order valence-electron chi connectivity index (χ3n) is 3.12. The number of benzene rings is 1. The van der Waals surface area contributed by atoms with E-state index in [4.69, 9.17) is 15.6 Å². The minimum Gasteiger partial charge on any atom is -0.497 e. The predicted molar refractivity (Wildman–Crippen MR) is 64.8 cm³/mol. The number of aliphatic hydroxyl groups excluding tert-OH is 1. The first-order chi connectivity index (χ1) is 7.74. The lowest BCUT2D eigenvalue weighted by molar-refractivity contribution is 0.238. The Morgan fingerprint density at radius 3 is 3.00 bits per heavy atom. The van der Waals surface area contributed by atoms with Gasteiger partial charge < -0.3 is 20.5 Å². The van der Waals surface area contributed by atoms with Gasteiger partial charge in [-0.25, -0.2) is 0 Å². The van der Waals surface area contributed by atoms with E-state index in [0.717, 1.165) is 36.6 Å². The molecule has 0 radical (unpaired) electrons. The van der Waals surface area contributed by atoms with Gasteiger partial charge in [0.1, 0.15) is 5.75 Å². The number of ether oxygens (including phenoxy) is 1. The highest BCUT2D eigenvalue weighted by atomic mass is 16.5. The molecule has 0 aliphatic carbocycles. The minimum atomic E-state index is 0.250. The summed E-state index contributed by atoms with van der Waals surface area (Å²) in [4.78, 5) is 2.21. The van der Waals surface area contributed by atoms with E-state index in [9.17, 15) is 0 Å². The fourth-order valence-electron chi connectivity index (χ4n) is 2.12. The molecule has 0 bridgehead atoms. The van der Waals surface area contributed by atoms with Crippen LogP contribution >= 0.6 is 0 Å². The van der Waals surface area contributed by atoms with E-state index in [1.165, 1.54) is 0 Å². The number of nitrogens with two attached hydrogens (primary N) is 1. The summed E-state index contributed by atoms with van der Waals surface area (Å²) >= 11 is 0. The molecule has 0 spiro atoms. The SMILES string of the molecule is COc1ccc(N)c(N2CCC(CO)C2)c1. The molecule has 1 aliphatic rings. The molecule has 1 aromatic rings. The lowest BCUT2D eigenvalue weighted by atomic mass is 10.1. The first-order valence-corrected chi connectivity index (χ1v) is 5.54. The fraction of sp³-hybridized carbons (Fsp3) is 0.500. The molecule has 3 N–H and O–H groups in total. The van der Waals surface area contributed by atoms with E-state index >= 15 is 0 Å². The number of nitrogen functional groups attached to an aromatic ring is 1. The molecule has 88 valence electrons. The summed E-state index contributed by atoms with van der Waals surface area (Å²) in [6.07, 6.45) is 1.02. The van der Waals surface area contributed by atoms with Gasteiger partial charge in [-0.15, -0.1) is 0 Å². The Balaban J connectivity index is 2.20. The highest BCUT2D eigenvalue weighted by Crippen LogP contribution is 2.31. The second kappa shape index (κ2) is 4.61. The molecule has 4 heteroatoms. The normalized spacial score (nSPS) is 20.1. The highest BCUT2D eigenvalue weighted by molar-refractivity contribution is 5.70. The number of hydrogen-bond donors (Lipinski definition) is 2. The minimum absolute atomic E-state index is 0.250. The van der Waals surface area contributed by atoms with Gasteiger partial charge in [-0.3, -0.25) is 0 Å². The first kappa shape index (κ1) is 11.1. The standard InChI is InChI=1S/C12H18N2O2/c1-16-10-2-3-11(13)12(6-10)14-5-4-9(7-14)8-15/h2-3,6,9,15H,4-5,7-8,13H2,1H3. The van der Waals surface area contributed by atoms with Crippen molar-refractivity contribution in [1.29, 1.82) is 0 Å². The van der Waals surface area contributed by atoms with Gasteiger partial charge in [-0.05, 0) is 18.6 Å². The smallest absolute Gasteiger partial charge is 0.121 e. The van der Waals surface area contributed by atoms with Crippen molar-refractivity contribution in [2.45, 2.75) is 6.42 Å². The molecule has 16 heavy (non-hydrogen) atoms. The molecule has 1 atom stereocenters. The lowest BCUT2D eigenvalue weighted by Gasteiger charge is -2.21. The Morgan fingerprint density at radius 1 is 1.56 bits per heavy atom. The van der Waals surface area contributed by atoms with Crippen LogP contribution < -0.4 is 15.4 Å². The highest BCUT2D eigenvalue weighted by Gasteiger charge is 2.23. The van der Waals surface area contributed by atoms with E-state index in [1.807, 2.05) is 18.2 Å². The maximum Gasteiger partial charge on any atom is 0.121 e. The van der Waals surface area contributed by atoms with E-state index < -0.39 is 0 Å². The van der Waals surface area contributed by atoms with Crippen molar-refractivity contribution in [3.8, 4) is 5.75 Å². The van der Waals surface area contributed by atoms with E-state index in [-0.39, 0.29) is 6.61 Å². The third-order valence-corrected chi connectivity index (χ3v) is 3.12. The zero-order valence-electron chi connectivity index (χ0n) is 9.52. The molecule has 1 aromatic carbocycles. The summed E-state index contributed by atoms with van der Waals surface area (Å²) in [6.45, 7) is 2.07. The van der Waals surface area contributed by atoms with Crippen molar-refractivity contribution in [2.24, 2.45) is 5.92 Å². The Hall–Kier alpha value is -1.42. The number of aliphatic hydroxyl groups is 1. The van der Waals surface area contributed by atoms with E-state index in [0.29, 0.717) is 5.92 Å². The molecule has 1 fully saturated rings. The fourth-order valence-corrected chi connectivity index (χ4v) is 2.12. The number of rotatable bonds is 3. The summed E-state index contributed by atoms with van der Waals surface area (Å²) in [5.41, 5.74) is 7.72. The van der Waals surface area contributed by atoms with Crippen LogP contribution in [0.4, 0.5) is 11.4 Å². The van der Waals surface area contributed by atoms with Crippen LogP contribution in [0.3, 0.4) is 0 Å². The van der Waals surface area contributed by atoms with Gasteiger partial charge >= 0.3 is 0 Å². The van der Waals surface area contributed by atoms with Crippen LogP contribution in [0.1, 0.15) is 6.42 Å². The number of hydrogen-bond acceptors (Lipinski definition) is 4. The Bertz CT molecular complexity index is 368. The van der Waals surface area contributed by atoms with Crippen molar-refractivity contribution >= 4 is 11.4 Å². The van der Waals surface area contributed by atoms with Crippen LogP contribution in [0.5, 0.6) is 5.75 Å². The molecule has 1 unspecified atom stereocenters. The summed E-state index contributed by atoms with van der Waals surface area (Å²) in [7, 11) is 1.65. The van der Waals surface area contributed by atoms with Crippen LogP contribution in [0, 0.1) is 5.92 Å². The average molecular weight is 222 g/mol. The van der Waals surface area contributed by atoms with Gasteiger partial charge in [0.2, 0.25) is 0 Å². The van der Waals surface area contributed by atoms with Gasteiger partial charge in [0.25, 0.3) is 0 Å². The van der Waals surface area contributed by atoms with Gasteiger partial charge in [0.15, 0.2) is 0 Å². The molecular weight excluding hydrogens is 204 g/mol. The van der Waals surface area contributed by atoms with Crippen LogP contribution in [0.15, 0.2) is 18.2 Å². The van der Waals surface area contributed by atoms with Crippen molar-refractivity contribution in [3.05, 3.63) is 18.2 Å². The summed E-state index contributed by atoms with van der Waals surface area (Å²) < 4.78 is 5.19. The van der Waals surface area contributed by atoms with Crippen molar-refractivity contribution in [1.82, 2.24) is 0 Å². The van der Waals surface area contributed by atoms with Crippen molar-refractivity contribution in [3.63, 3.8) is 0 Å². The largest absolute Gasteiger partial charge is 0.497 e. The second-order valence-corrected chi connectivity index (χ2v) is 4.21. The monoisotopic (exact) mass is 222 g/mol. The quantitative estimate of drug-likeness (QED) is 0.752. The van der Waals surface area contributed by atoms with Gasteiger partial charge in [-0.2, -0.15) is 0 Å². The van der Waals surface area contributed by atoms with Gasteiger partial charge in [-0.1, -0.05) is 0 Å². The lowest BCUT2D eigenvalue weighted by Crippen LogP contribution is -2.21. The molecule has 0 aromatic heterocycles. The Kier molecular flexibility index (Phi) is 3.19. The van der Waals surface area contributed by atoms with E-state index in [1.54, 1.807) is 7.11 Å². The predicted octanol–water partition coefficient (Wildman–Crippen LogP) is 1.10. The molecule has 0 amide bonds. The second-order valence-electron chi connectivity index (χ2n) is 4.21. The maximum absolute atomic E-state index is 9.12. The van der Waals surface area contributed by atoms with Crippen LogP contribution in [-0.4, -0.2) is 31.9 Å². The Morgan fingerprint density at radius 2 is 2.38 bits per heavy atom.